The number of aliphatic imine (C=N–C) groups is 1. The molecular weight excluding hydrogens is 318 g/mol. The predicted octanol–water partition coefficient (Wildman–Crippen LogP) is 1.73. The second-order valence-electron chi connectivity index (χ2n) is 6.39. The van der Waals surface area contributed by atoms with Crippen LogP contribution in [0.5, 0.6) is 0 Å². The van der Waals surface area contributed by atoms with E-state index in [0.29, 0.717) is 35.8 Å². The fraction of sp³-hybridized carbons (Fsp3) is 0.500. The fourth-order valence-corrected chi connectivity index (χ4v) is 3.44. The van der Waals surface area contributed by atoms with Gasteiger partial charge in [0.05, 0.1) is 11.4 Å². The SMILES string of the molecule is CCn1c(N2CCCC2)c(N=C2C=C(C)C(=O)C=C2N)c(=O)n1CC. The zero-order valence-electron chi connectivity index (χ0n) is 15.1. The summed E-state index contributed by atoms with van der Waals surface area (Å²) in [6.07, 6.45) is 5.25. The number of hydrogen-bond donors (Lipinski definition) is 1. The molecule has 0 amide bonds. The van der Waals surface area contributed by atoms with Gasteiger partial charge < -0.3 is 10.6 Å². The number of hydrogen-bond acceptors (Lipinski definition) is 5. The van der Waals surface area contributed by atoms with E-state index in [1.165, 1.54) is 6.08 Å². The lowest BCUT2D eigenvalue weighted by Gasteiger charge is -2.21. The van der Waals surface area contributed by atoms with E-state index in [9.17, 15) is 9.59 Å². The molecule has 0 radical (unpaired) electrons. The minimum absolute atomic E-state index is 0.116. The van der Waals surface area contributed by atoms with Crippen molar-refractivity contribution >= 4 is 23.0 Å². The highest BCUT2D eigenvalue weighted by Gasteiger charge is 2.26. The molecule has 7 heteroatoms. The minimum Gasteiger partial charge on any atom is -0.397 e. The van der Waals surface area contributed by atoms with Crippen molar-refractivity contribution in [2.24, 2.45) is 10.7 Å². The third-order valence-corrected chi connectivity index (χ3v) is 4.75. The zero-order valence-corrected chi connectivity index (χ0v) is 15.1. The zero-order chi connectivity index (χ0) is 18.1. The van der Waals surface area contributed by atoms with E-state index in [4.69, 9.17) is 5.73 Å². The van der Waals surface area contributed by atoms with Gasteiger partial charge >= 0.3 is 0 Å². The standard InChI is InChI=1S/C18H25N5O2/c1-4-22-17(21-8-6-7-9-21)16(18(25)23(22)5-2)20-14-10-12(3)15(24)11-13(14)19/h10-11H,4-9,19H2,1-3H3. The number of carbonyl (C=O) groups is 1. The highest BCUT2D eigenvalue weighted by molar-refractivity contribution is 6.22. The first-order valence-electron chi connectivity index (χ1n) is 8.85. The molecular formula is C18H25N5O2. The van der Waals surface area contributed by atoms with Crippen molar-refractivity contribution in [3.63, 3.8) is 0 Å². The Balaban J connectivity index is 2.20. The van der Waals surface area contributed by atoms with E-state index in [0.717, 1.165) is 31.7 Å². The smallest absolute Gasteiger partial charge is 0.294 e. The molecule has 3 rings (SSSR count). The van der Waals surface area contributed by atoms with Gasteiger partial charge in [0.15, 0.2) is 17.3 Å². The third kappa shape index (κ3) is 2.94. The van der Waals surface area contributed by atoms with E-state index >= 15 is 0 Å². The molecule has 0 atom stereocenters. The quantitative estimate of drug-likeness (QED) is 0.844. The average molecular weight is 343 g/mol. The van der Waals surface area contributed by atoms with Crippen molar-refractivity contribution < 1.29 is 4.79 Å². The van der Waals surface area contributed by atoms with Gasteiger partial charge in [0.25, 0.3) is 5.56 Å². The van der Waals surface area contributed by atoms with Gasteiger partial charge in [-0.15, -0.1) is 0 Å². The molecule has 25 heavy (non-hydrogen) atoms. The lowest BCUT2D eigenvalue weighted by atomic mass is 10.0. The largest absolute Gasteiger partial charge is 0.397 e. The molecule has 0 spiro atoms. The number of rotatable bonds is 4. The van der Waals surface area contributed by atoms with Crippen molar-refractivity contribution in [2.75, 3.05) is 18.0 Å². The Hall–Kier alpha value is -2.57. The summed E-state index contributed by atoms with van der Waals surface area (Å²) in [6, 6.07) is 0. The number of anilines is 1. The highest BCUT2D eigenvalue weighted by atomic mass is 16.1. The Morgan fingerprint density at radius 2 is 1.72 bits per heavy atom. The van der Waals surface area contributed by atoms with Crippen LogP contribution in [-0.4, -0.2) is 33.9 Å². The first-order valence-corrected chi connectivity index (χ1v) is 8.85. The van der Waals surface area contributed by atoms with E-state index in [-0.39, 0.29) is 11.3 Å². The first kappa shape index (κ1) is 17.3. The predicted molar refractivity (Wildman–Crippen MR) is 99.6 cm³/mol. The second-order valence-corrected chi connectivity index (χ2v) is 6.39. The molecule has 0 bridgehead atoms. The molecule has 1 aromatic heterocycles. The van der Waals surface area contributed by atoms with Crippen LogP contribution in [-0.2, 0) is 17.9 Å². The maximum Gasteiger partial charge on any atom is 0.294 e. The van der Waals surface area contributed by atoms with Crippen LogP contribution < -0.4 is 16.2 Å². The van der Waals surface area contributed by atoms with Gasteiger partial charge in [0, 0.05) is 32.3 Å². The highest BCUT2D eigenvalue weighted by Crippen LogP contribution is 2.30. The van der Waals surface area contributed by atoms with Gasteiger partial charge in [0.2, 0.25) is 0 Å². The summed E-state index contributed by atoms with van der Waals surface area (Å²) in [7, 11) is 0. The van der Waals surface area contributed by atoms with Crippen molar-refractivity contribution in [3.05, 3.63) is 33.8 Å². The normalized spacial score (nSPS) is 19.6. The summed E-state index contributed by atoms with van der Waals surface area (Å²) >= 11 is 0. The molecule has 7 nitrogen and oxygen atoms in total. The maximum absolute atomic E-state index is 12.9. The minimum atomic E-state index is -0.117. The molecule has 0 saturated carbocycles. The van der Waals surface area contributed by atoms with E-state index in [1.54, 1.807) is 17.7 Å². The van der Waals surface area contributed by atoms with E-state index in [2.05, 4.69) is 9.89 Å². The van der Waals surface area contributed by atoms with Crippen molar-refractivity contribution in [1.82, 2.24) is 9.36 Å². The van der Waals surface area contributed by atoms with Crippen LogP contribution >= 0.6 is 0 Å². The van der Waals surface area contributed by atoms with Crippen LogP contribution in [0.4, 0.5) is 11.5 Å². The monoisotopic (exact) mass is 343 g/mol. The number of aromatic nitrogens is 2. The Morgan fingerprint density at radius 3 is 2.32 bits per heavy atom. The summed E-state index contributed by atoms with van der Waals surface area (Å²) in [4.78, 5) is 31.5. The first-order chi connectivity index (χ1) is 12.0. The van der Waals surface area contributed by atoms with Gasteiger partial charge in [-0.05, 0) is 45.3 Å². The van der Waals surface area contributed by atoms with E-state index < -0.39 is 0 Å². The van der Waals surface area contributed by atoms with Crippen LogP contribution in [0.2, 0.25) is 0 Å². The van der Waals surface area contributed by atoms with Crippen molar-refractivity contribution in [1.29, 1.82) is 0 Å². The van der Waals surface area contributed by atoms with Gasteiger partial charge in [0.1, 0.15) is 0 Å². The molecule has 2 heterocycles. The molecule has 1 fully saturated rings. The van der Waals surface area contributed by atoms with Gasteiger partial charge in [-0.3, -0.25) is 14.3 Å². The fourth-order valence-electron chi connectivity index (χ4n) is 3.44. The van der Waals surface area contributed by atoms with Crippen LogP contribution in [0.3, 0.4) is 0 Å². The van der Waals surface area contributed by atoms with E-state index in [1.807, 2.05) is 18.5 Å². The summed E-state index contributed by atoms with van der Waals surface area (Å²) in [5.41, 5.74) is 7.62. The summed E-state index contributed by atoms with van der Waals surface area (Å²) in [6.45, 7) is 8.82. The molecule has 0 unspecified atom stereocenters. The van der Waals surface area contributed by atoms with Crippen molar-refractivity contribution in [2.45, 2.75) is 46.7 Å². The lowest BCUT2D eigenvalue weighted by molar-refractivity contribution is -0.111. The second kappa shape index (κ2) is 6.74. The Bertz CT molecular complexity index is 848. The number of nitrogens with zero attached hydrogens (tertiary/aromatic N) is 4. The molecule has 134 valence electrons. The number of allylic oxidation sites excluding steroid dienone is 3. The Morgan fingerprint density at radius 1 is 1.08 bits per heavy atom. The van der Waals surface area contributed by atoms with Gasteiger partial charge in [-0.25, -0.2) is 9.67 Å². The molecule has 2 N–H and O–H groups in total. The third-order valence-electron chi connectivity index (χ3n) is 4.75. The summed E-state index contributed by atoms with van der Waals surface area (Å²) in [5.74, 6) is 0.739. The van der Waals surface area contributed by atoms with Gasteiger partial charge in [-0.1, -0.05) is 0 Å². The molecule has 2 aliphatic rings. The number of carbonyl (C=O) groups excluding carboxylic acids is 1. The molecule has 1 aliphatic heterocycles. The molecule has 1 aromatic rings. The Labute approximate surface area is 147 Å². The van der Waals surface area contributed by atoms with Gasteiger partial charge in [-0.2, -0.15) is 0 Å². The van der Waals surface area contributed by atoms with Crippen LogP contribution in [0, 0.1) is 0 Å². The van der Waals surface area contributed by atoms with Crippen LogP contribution in [0.15, 0.2) is 33.2 Å². The van der Waals surface area contributed by atoms with Crippen LogP contribution in [0.1, 0.15) is 33.6 Å². The molecule has 1 saturated heterocycles. The topological polar surface area (TPSA) is 85.6 Å². The average Bonchev–Trinajstić information content (AvgIpc) is 3.19. The molecule has 0 aromatic carbocycles. The summed E-state index contributed by atoms with van der Waals surface area (Å²) < 4.78 is 3.72. The molecule has 1 aliphatic carbocycles. The lowest BCUT2D eigenvalue weighted by Crippen LogP contribution is -2.25. The number of nitrogens with two attached hydrogens (primary N) is 1. The maximum atomic E-state index is 12.9. The summed E-state index contributed by atoms with van der Waals surface area (Å²) in [5, 5.41) is 0. The van der Waals surface area contributed by atoms with Crippen molar-refractivity contribution in [3.8, 4) is 0 Å². The number of ketones is 1. The Kier molecular flexibility index (Phi) is 4.65. The van der Waals surface area contributed by atoms with Crippen LogP contribution in [0.25, 0.3) is 0 Å².